The van der Waals surface area contributed by atoms with Crippen molar-refractivity contribution in [3.05, 3.63) is 0 Å². The van der Waals surface area contributed by atoms with Gasteiger partial charge < -0.3 is 4.90 Å². The van der Waals surface area contributed by atoms with E-state index in [0.717, 1.165) is 17.8 Å². The topological polar surface area (TPSA) is 3.24 Å². The van der Waals surface area contributed by atoms with Gasteiger partial charge in [-0.3, -0.25) is 0 Å². The standard InChI is InChI=1S/C30H63N.ClH/c1-28(2)22-16-10-7-13-19-25-31(26-20-14-8-11-17-23-29(3)4)27-21-15-9-12-18-24-30(5)6;/h28-30H,7-27H2,1-6H3;1H. The van der Waals surface area contributed by atoms with E-state index in [1.54, 1.807) is 0 Å². The fraction of sp³-hybridized carbons (Fsp3) is 1.00. The molecule has 0 N–H and O–H groups in total. The van der Waals surface area contributed by atoms with Crippen LogP contribution in [0.3, 0.4) is 0 Å². The highest BCUT2D eigenvalue weighted by Gasteiger charge is 2.05. The quantitative estimate of drug-likeness (QED) is 0.126. The third kappa shape index (κ3) is 28.3. The Balaban J connectivity index is 0. The Labute approximate surface area is 211 Å². The van der Waals surface area contributed by atoms with Crippen LogP contribution in [0.1, 0.15) is 157 Å². The van der Waals surface area contributed by atoms with Crippen LogP contribution in [-0.4, -0.2) is 24.5 Å². The van der Waals surface area contributed by atoms with E-state index in [1.807, 2.05) is 0 Å². The van der Waals surface area contributed by atoms with E-state index in [9.17, 15) is 0 Å². The average Bonchev–Trinajstić information content (AvgIpc) is 2.70. The number of hydrogen-bond donors (Lipinski definition) is 0. The minimum absolute atomic E-state index is 0. The van der Waals surface area contributed by atoms with Crippen molar-refractivity contribution >= 4 is 12.4 Å². The van der Waals surface area contributed by atoms with Gasteiger partial charge in [0.15, 0.2) is 0 Å². The van der Waals surface area contributed by atoms with Crippen LogP contribution in [0.2, 0.25) is 0 Å². The molecule has 0 amide bonds. The summed E-state index contributed by atoms with van der Waals surface area (Å²) in [6.45, 7) is 18.2. The summed E-state index contributed by atoms with van der Waals surface area (Å²) in [5.74, 6) is 2.64. The highest BCUT2D eigenvalue weighted by Crippen LogP contribution is 2.14. The average molecular weight is 474 g/mol. The van der Waals surface area contributed by atoms with Crippen molar-refractivity contribution in [3.8, 4) is 0 Å². The highest BCUT2D eigenvalue weighted by molar-refractivity contribution is 5.85. The maximum atomic E-state index is 2.82. The molecule has 2 heteroatoms. The van der Waals surface area contributed by atoms with Crippen LogP contribution in [0.5, 0.6) is 0 Å². The first kappa shape index (κ1) is 34.4. The Morgan fingerprint density at radius 1 is 0.344 bits per heavy atom. The number of rotatable bonds is 24. The Kier molecular flexibility index (Phi) is 27.8. The van der Waals surface area contributed by atoms with Gasteiger partial charge in [-0.15, -0.1) is 12.4 Å². The lowest BCUT2D eigenvalue weighted by Gasteiger charge is -2.22. The van der Waals surface area contributed by atoms with Gasteiger partial charge >= 0.3 is 0 Å². The molecule has 0 aromatic heterocycles. The summed E-state index contributed by atoms with van der Waals surface area (Å²) in [6, 6.07) is 0. The first-order chi connectivity index (χ1) is 14.9. The normalized spacial score (nSPS) is 11.8. The smallest absolute Gasteiger partial charge is 0.00187 e. The molecule has 0 aromatic carbocycles. The molecular weight excluding hydrogens is 410 g/mol. The molecule has 0 bridgehead atoms. The van der Waals surface area contributed by atoms with Crippen LogP contribution in [0.25, 0.3) is 0 Å². The molecule has 0 rings (SSSR count). The van der Waals surface area contributed by atoms with Crippen molar-refractivity contribution in [2.75, 3.05) is 19.6 Å². The summed E-state index contributed by atoms with van der Waals surface area (Å²) in [6.07, 6.45) is 25.9. The van der Waals surface area contributed by atoms with Crippen molar-refractivity contribution in [1.82, 2.24) is 4.90 Å². The first-order valence-electron chi connectivity index (χ1n) is 14.6. The molecule has 0 unspecified atom stereocenters. The third-order valence-corrected chi connectivity index (χ3v) is 6.77. The van der Waals surface area contributed by atoms with Gasteiger partial charge in [-0.2, -0.15) is 0 Å². The van der Waals surface area contributed by atoms with Crippen LogP contribution < -0.4 is 0 Å². The summed E-state index contributed by atoms with van der Waals surface area (Å²) in [7, 11) is 0. The Hall–Kier alpha value is 0.250. The van der Waals surface area contributed by atoms with Crippen molar-refractivity contribution in [2.24, 2.45) is 17.8 Å². The van der Waals surface area contributed by atoms with Crippen LogP contribution in [0.4, 0.5) is 0 Å². The molecule has 0 fully saturated rings. The lowest BCUT2D eigenvalue weighted by Crippen LogP contribution is -2.27. The minimum atomic E-state index is 0. The van der Waals surface area contributed by atoms with Gasteiger partial charge in [0.2, 0.25) is 0 Å². The summed E-state index contributed by atoms with van der Waals surface area (Å²) in [5, 5.41) is 0. The molecule has 196 valence electrons. The molecule has 0 aliphatic carbocycles. The summed E-state index contributed by atoms with van der Waals surface area (Å²) in [5.41, 5.74) is 0. The molecule has 0 spiro atoms. The second-order valence-corrected chi connectivity index (χ2v) is 11.7. The van der Waals surface area contributed by atoms with Gasteiger partial charge in [0.1, 0.15) is 0 Å². The Morgan fingerprint density at radius 3 is 0.812 bits per heavy atom. The Bertz CT molecular complexity index is 287. The summed E-state index contributed by atoms with van der Waals surface area (Å²) in [4.78, 5) is 2.82. The molecule has 0 aromatic rings. The number of hydrogen-bond acceptors (Lipinski definition) is 1. The second-order valence-electron chi connectivity index (χ2n) is 11.7. The van der Waals surface area contributed by atoms with E-state index < -0.39 is 0 Å². The largest absolute Gasteiger partial charge is 0.303 e. The van der Waals surface area contributed by atoms with E-state index in [4.69, 9.17) is 0 Å². The van der Waals surface area contributed by atoms with Gasteiger partial charge in [-0.25, -0.2) is 0 Å². The van der Waals surface area contributed by atoms with E-state index in [-0.39, 0.29) is 12.4 Å². The van der Waals surface area contributed by atoms with E-state index >= 15 is 0 Å². The lowest BCUT2D eigenvalue weighted by molar-refractivity contribution is 0.253. The van der Waals surface area contributed by atoms with Crippen molar-refractivity contribution in [3.63, 3.8) is 0 Å². The van der Waals surface area contributed by atoms with E-state index in [1.165, 1.54) is 135 Å². The first-order valence-corrected chi connectivity index (χ1v) is 14.6. The highest BCUT2D eigenvalue weighted by atomic mass is 35.5. The van der Waals surface area contributed by atoms with E-state index in [2.05, 4.69) is 46.4 Å². The van der Waals surface area contributed by atoms with Crippen molar-refractivity contribution < 1.29 is 0 Å². The predicted molar refractivity (Wildman–Crippen MR) is 151 cm³/mol. The maximum Gasteiger partial charge on any atom is -0.00187 e. The fourth-order valence-electron chi connectivity index (χ4n) is 4.59. The molecule has 0 aliphatic rings. The molecular formula is C30H64ClN. The lowest BCUT2D eigenvalue weighted by atomic mass is 10.0. The maximum absolute atomic E-state index is 2.82. The van der Waals surface area contributed by atoms with Gasteiger partial charge in [-0.1, -0.05) is 138 Å². The van der Waals surface area contributed by atoms with Gasteiger partial charge in [0, 0.05) is 0 Å². The molecule has 32 heavy (non-hydrogen) atoms. The second kappa shape index (κ2) is 25.9. The van der Waals surface area contributed by atoms with Crippen LogP contribution in [-0.2, 0) is 0 Å². The van der Waals surface area contributed by atoms with Gasteiger partial charge in [0.25, 0.3) is 0 Å². The molecule has 0 aliphatic heterocycles. The van der Waals surface area contributed by atoms with Crippen molar-refractivity contribution in [2.45, 2.75) is 157 Å². The zero-order valence-electron chi connectivity index (χ0n) is 23.4. The zero-order valence-corrected chi connectivity index (χ0v) is 24.3. The molecule has 0 atom stereocenters. The van der Waals surface area contributed by atoms with Crippen LogP contribution >= 0.6 is 12.4 Å². The summed E-state index contributed by atoms with van der Waals surface area (Å²) >= 11 is 0. The monoisotopic (exact) mass is 473 g/mol. The van der Waals surface area contributed by atoms with E-state index in [0.29, 0.717) is 0 Å². The van der Waals surface area contributed by atoms with Gasteiger partial charge in [-0.05, 0) is 56.7 Å². The number of nitrogens with zero attached hydrogens (tertiary/aromatic N) is 1. The molecule has 0 saturated carbocycles. The molecule has 0 heterocycles. The molecule has 0 radical (unpaired) electrons. The Morgan fingerprint density at radius 2 is 0.562 bits per heavy atom. The SMILES string of the molecule is CC(C)CCCCCCCN(CCCCCCCC(C)C)CCCCCCCC(C)C.Cl. The van der Waals surface area contributed by atoms with Gasteiger partial charge in [0.05, 0.1) is 0 Å². The molecule has 0 saturated heterocycles. The predicted octanol–water partition coefficient (Wildman–Crippen LogP) is 10.7. The van der Waals surface area contributed by atoms with Crippen LogP contribution in [0.15, 0.2) is 0 Å². The van der Waals surface area contributed by atoms with Crippen molar-refractivity contribution in [1.29, 1.82) is 0 Å². The zero-order chi connectivity index (χ0) is 23.2. The summed E-state index contributed by atoms with van der Waals surface area (Å²) < 4.78 is 0. The molecule has 1 nitrogen and oxygen atoms in total. The third-order valence-electron chi connectivity index (χ3n) is 6.77. The van der Waals surface area contributed by atoms with Crippen LogP contribution in [0, 0.1) is 17.8 Å². The fourth-order valence-corrected chi connectivity index (χ4v) is 4.59. The number of halogens is 1. The minimum Gasteiger partial charge on any atom is -0.303 e. The number of unbranched alkanes of at least 4 members (excludes halogenated alkanes) is 12.